The van der Waals surface area contributed by atoms with Gasteiger partial charge in [0, 0.05) is 28.7 Å². The van der Waals surface area contributed by atoms with Crippen LogP contribution >= 0.6 is 67.8 Å². The monoisotopic (exact) mass is 653 g/mol. The molecule has 0 saturated carbocycles. The molecule has 1 aliphatic heterocycles. The highest BCUT2D eigenvalue weighted by Gasteiger charge is 2.38. The lowest BCUT2D eigenvalue weighted by molar-refractivity contribution is -0.0437. The lowest BCUT2D eigenvalue weighted by Crippen LogP contribution is -2.49. The number of esters is 1. The maximum atomic E-state index is 12.7. The van der Waals surface area contributed by atoms with E-state index in [1.165, 1.54) is 0 Å². The standard InChI is InChI=1S/C17H22I3NO2/c1-9-5-11(6-10(2)21-9)17(3,4)23-16(22)13-7-12(18)8-14(19)15(13)20/h7-11,21H,5-6H2,1-4H3. The Balaban J connectivity index is 2.18. The first-order valence-electron chi connectivity index (χ1n) is 7.74. The van der Waals surface area contributed by atoms with Crippen LogP contribution in [0.5, 0.6) is 0 Å². The van der Waals surface area contributed by atoms with Crippen molar-refractivity contribution in [3.8, 4) is 0 Å². The Morgan fingerprint density at radius 1 is 1.17 bits per heavy atom. The Hall–Kier alpha value is 0.840. The van der Waals surface area contributed by atoms with Crippen molar-refractivity contribution >= 4 is 73.7 Å². The molecular weight excluding hydrogens is 631 g/mol. The van der Waals surface area contributed by atoms with E-state index in [0.717, 1.165) is 23.6 Å². The fraction of sp³-hybridized carbons (Fsp3) is 0.588. The summed E-state index contributed by atoms with van der Waals surface area (Å²) < 4.78 is 9.09. The van der Waals surface area contributed by atoms with Gasteiger partial charge in [0.1, 0.15) is 5.60 Å². The largest absolute Gasteiger partial charge is 0.456 e. The summed E-state index contributed by atoms with van der Waals surface area (Å²) in [5.74, 6) is 0.159. The van der Waals surface area contributed by atoms with Crippen LogP contribution in [0.15, 0.2) is 12.1 Å². The van der Waals surface area contributed by atoms with Gasteiger partial charge in [0.05, 0.1) is 5.56 Å². The first-order valence-corrected chi connectivity index (χ1v) is 11.0. The summed E-state index contributed by atoms with van der Waals surface area (Å²) in [6.45, 7) is 8.50. The Kier molecular flexibility index (Phi) is 7.03. The molecule has 3 nitrogen and oxygen atoms in total. The molecule has 1 heterocycles. The van der Waals surface area contributed by atoms with E-state index < -0.39 is 5.60 Å². The first kappa shape index (κ1) is 20.2. The van der Waals surface area contributed by atoms with E-state index in [4.69, 9.17) is 4.74 Å². The van der Waals surface area contributed by atoms with E-state index in [2.05, 4.69) is 93.0 Å². The molecule has 2 rings (SSSR count). The average molecular weight is 653 g/mol. The molecule has 0 bridgehead atoms. The number of hydrogen-bond acceptors (Lipinski definition) is 3. The van der Waals surface area contributed by atoms with Crippen LogP contribution in [0.2, 0.25) is 0 Å². The number of carbonyl (C=O) groups excluding carboxylic acids is 1. The fourth-order valence-electron chi connectivity index (χ4n) is 3.22. The number of hydrogen-bond donors (Lipinski definition) is 1. The molecule has 0 aromatic heterocycles. The van der Waals surface area contributed by atoms with Crippen LogP contribution in [0.4, 0.5) is 0 Å². The van der Waals surface area contributed by atoms with Gasteiger partial charge in [-0.05, 0) is 120 Å². The molecule has 0 spiro atoms. The fourth-order valence-corrected chi connectivity index (χ4v) is 5.60. The highest BCUT2D eigenvalue weighted by Crippen LogP contribution is 2.34. The summed E-state index contributed by atoms with van der Waals surface area (Å²) in [7, 11) is 0. The van der Waals surface area contributed by atoms with Crippen LogP contribution in [0.1, 0.15) is 50.9 Å². The predicted octanol–water partition coefficient (Wildman–Crippen LogP) is 5.21. The molecule has 0 radical (unpaired) electrons. The van der Waals surface area contributed by atoms with Gasteiger partial charge >= 0.3 is 5.97 Å². The third-order valence-corrected chi connectivity index (χ3v) is 8.06. The summed E-state index contributed by atoms with van der Waals surface area (Å²) in [4.78, 5) is 12.7. The SMILES string of the molecule is CC1CC(C(C)(C)OC(=O)c2cc(I)cc(I)c2I)CC(C)N1. The number of benzene rings is 1. The van der Waals surface area contributed by atoms with Crippen LogP contribution in [0, 0.1) is 16.6 Å². The van der Waals surface area contributed by atoms with Gasteiger partial charge < -0.3 is 10.1 Å². The van der Waals surface area contributed by atoms with E-state index in [1.807, 2.05) is 19.9 Å². The maximum absolute atomic E-state index is 12.7. The molecule has 1 aromatic rings. The molecule has 1 saturated heterocycles. The molecule has 1 N–H and O–H groups in total. The van der Waals surface area contributed by atoms with Crippen molar-refractivity contribution in [2.75, 3.05) is 0 Å². The number of rotatable bonds is 3. The Morgan fingerprint density at radius 3 is 2.30 bits per heavy atom. The average Bonchev–Trinajstić information content (AvgIpc) is 2.41. The van der Waals surface area contributed by atoms with Crippen LogP contribution in [0.3, 0.4) is 0 Å². The van der Waals surface area contributed by atoms with E-state index in [1.54, 1.807) is 0 Å². The second-order valence-corrected chi connectivity index (χ2v) is 10.4. The molecule has 2 unspecified atom stereocenters. The minimum atomic E-state index is -0.461. The van der Waals surface area contributed by atoms with Crippen LogP contribution < -0.4 is 5.32 Å². The lowest BCUT2D eigenvalue weighted by atomic mass is 9.78. The van der Waals surface area contributed by atoms with Crippen molar-refractivity contribution in [2.24, 2.45) is 5.92 Å². The number of ether oxygens (including phenoxy) is 1. The summed E-state index contributed by atoms with van der Waals surface area (Å²) in [6.07, 6.45) is 2.07. The van der Waals surface area contributed by atoms with E-state index in [0.29, 0.717) is 23.6 Å². The first-order chi connectivity index (χ1) is 10.6. The summed E-state index contributed by atoms with van der Waals surface area (Å²) in [5, 5.41) is 3.55. The van der Waals surface area contributed by atoms with Gasteiger partial charge in [0.2, 0.25) is 0 Å². The van der Waals surface area contributed by atoms with Crippen molar-refractivity contribution in [2.45, 2.75) is 58.2 Å². The third-order valence-electron chi connectivity index (χ3n) is 4.40. The zero-order valence-electron chi connectivity index (χ0n) is 13.8. The quantitative estimate of drug-likeness (QED) is 0.277. The number of nitrogens with one attached hydrogen (secondary N) is 1. The van der Waals surface area contributed by atoms with Crippen LogP contribution in [0.25, 0.3) is 0 Å². The molecule has 1 fully saturated rings. The minimum absolute atomic E-state index is 0.213. The normalized spacial score (nSPS) is 25.3. The number of carbonyl (C=O) groups is 1. The van der Waals surface area contributed by atoms with E-state index in [-0.39, 0.29) is 5.97 Å². The highest BCUT2D eigenvalue weighted by molar-refractivity contribution is 14.1. The topological polar surface area (TPSA) is 38.3 Å². The smallest absolute Gasteiger partial charge is 0.339 e. The van der Waals surface area contributed by atoms with Gasteiger partial charge in [0.15, 0.2) is 0 Å². The third kappa shape index (κ3) is 5.16. The highest BCUT2D eigenvalue weighted by atomic mass is 127. The van der Waals surface area contributed by atoms with Crippen molar-refractivity contribution < 1.29 is 9.53 Å². The molecule has 23 heavy (non-hydrogen) atoms. The van der Waals surface area contributed by atoms with E-state index >= 15 is 0 Å². The number of piperidine rings is 1. The van der Waals surface area contributed by atoms with E-state index in [9.17, 15) is 4.79 Å². The molecule has 1 aliphatic rings. The van der Waals surface area contributed by atoms with Crippen LogP contribution in [-0.2, 0) is 4.74 Å². The molecule has 2 atom stereocenters. The van der Waals surface area contributed by atoms with Gasteiger partial charge in [-0.25, -0.2) is 4.79 Å². The van der Waals surface area contributed by atoms with Gasteiger partial charge in [0.25, 0.3) is 0 Å². The lowest BCUT2D eigenvalue weighted by Gasteiger charge is -2.41. The molecular formula is C17H22I3NO2. The predicted molar refractivity (Wildman–Crippen MR) is 119 cm³/mol. The number of halogens is 3. The Morgan fingerprint density at radius 2 is 1.74 bits per heavy atom. The summed E-state index contributed by atoms with van der Waals surface area (Å²) in [6, 6.07) is 4.90. The Bertz CT molecular complexity index is 594. The zero-order chi connectivity index (χ0) is 17.4. The molecule has 1 aromatic carbocycles. The maximum Gasteiger partial charge on any atom is 0.339 e. The van der Waals surface area contributed by atoms with Crippen LogP contribution in [-0.4, -0.2) is 23.7 Å². The van der Waals surface area contributed by atoms with Gasteiger partial charge in [-0.3, -0.25) is 0 Å². The summed E-state index contributed by atoms with van der Waals surface area (Å²) in [5.41, 5.74) is 0.210. The molecule has 0 amide bonds. The second kappa shape index (κ2) is 8.03. The zero-order valence-corrected chi connectivity index (χ0v) is 20.2. The molecule has 128 valence electrons. The van der Waals surface area contributed by atoms with Crippen molar-refractivity contribution in [3.05, 3.63) is 28.4 Å². The Labute approximate surface area is 179 Å². The molecule has 6 heteroatoms. The minimum Gasteiger partial charge on any atom is -0.456 e. The summed E-state index contributed by atoms with van der Waals surface area (Å²) >= 11 is 6.74. The van der Waals surface area contributed by atoms with Crippen molar-refractivity contribution in [1.82, 2.24) is 5.32 Å². The van der Waals surface area contributed by atoms with Crippen molar-refractivity contribution in [1.29, 1.82) is 0 Å². The van der Waals surface area contributed by atoms with Gasteiger partial charge in [-0.2, -0.15) is 0 Å². The second-order valence-electron chi connectivity index (χ2n) is 6.88. The van der Waals surface area contributed by atoms with Gasteiger partial charge in [-0.15, -0.1) is 0 Å². The van der Waals surface area contributed by atoms with Crippen molar-refractivity contribution in [3.63, 3.8) is 0 Å². The van der Waals surface area contributed by atoms with Gasteiger partial charge in [-0.1, -0.05) is 0 Å². The molecule has 0 aliphatic carbocycles.